The zero-order chi connectivity index (χ0) is 12.3. The quantitative estimate of drug-likeness (QED) is 0.784. The van der Waals surface area contributed by atoms with Crippen molar-refractivity contribution in [3.8, 4) is 0 Å². The first-order valence-electron chi connectivity index (χ1n) is 5.66. The number of nitrogens with zero attached hydrogens (tertiary/aromatic N) is 1. The van der Waals surface area contributed by atoms with E-state index in [4.69, 9.17) is 4.74 Å². The highest BCUT2D eigenvalue weighted by atomic mass is 16.6. The number of rotatable bonds is 2. The predicted molar refractivity (Wildman–Crippen MR) is 62.4 cm³/mol. The number of carbonyl (C=O) groups is 2. The van der Waals surface area contributed by atoms with Gasteiger partial charge in [-0.1, -0.05) is 30.3 Å². The Labute approximate surface area is 100 Å². The van der Waals surface area contributed by atoms with Crippen LogP contribution in [0.3, 0.4) is 0 Å². The van der Waals surface area contributed by atoms with E-state index in [-0.39, 0.29) is 25.0 Å². The molecule has 1 atom stereocenters. The SMILES string of the molecule is CC1CC(=O)CN1C(=O)OCc1ccccc1. The minimum absolute atomic E-state index is 0.0502. The van der Waals surface area contributed by atoms with Crippen LogP contribution >= 0.6 is 0 Å². The number of ketones is 1. The van der Waals surface area contributed by atoms with Gasteiger partial charge in [0, 0.05) is 12.5 Å². The Kier molecular flexibility index (Phi) is 3.42. The number of likely N-dealkylation sites (tertiary alicyclic amines) is 1. The van der Waals surface area contributed by atoms with Gasteiger partial charge in [0.2, 0.25) is 0 Å². The van der Waals surface area contributed by atoms with E-state index in [2.05, 4.69) is 0 Å². The molecule has 1 heterocycles. The number of amides is 1. The minimum atomic E-state index is -0.410. The van der Waals surface area contributed by atoms with E-state index in [1.54, 1.807) is 0 Å². The minimum Gasteiger partial charge on any atom is -0.445 e. The Morgan fingerprint density at radius 2 is 2.12 bits per heavy atom. The highest BCUT2D eigenvalue weighted by Crippen LogP contribution is 2.15. The molecule has 0 spiro atoms. The molecule has 0 N–H and O–H groups in total. The van der Waals surface area contributed by atoms with Crippen LogP contribution in [0.25, 0.3) is 0 Å². The Balaban J connectivity index is 1.88. The van der Waals surface area contributed by atoms with Gasteiger partial charge in [0.1, 0.15) is 6.61 Å². The first-order chi connectivity index (χ1) is 8.16. The van der Waals surface area contributed by atoms with Gasteiger partial charge in [-0.05, 0) is 12.5 Å². The lowest BCUT2D eigenvalue weighted by Crippen LogP contribution is -2.34. The van der Waals surface area contributed by atoms with E-state index in [1.165, 1.54) is 4.90 Å². The Morgan fingerprint density at radius 1 is 1.41 bits per heavy atom. The van der Waals surface area contributed by atoms with E-state index in [0.717, 1.165) is 5.56 Å². The number of ether oxygens (including phenoxy) is 1. The number of carbonyl (C=O) groups excluding carboxylic acids is 2. The summed E-state index contributed by atoms with van der Waals surface area (Å²) in [6.45, 7) is 2.28. The topological polar surface area (TPSA) is 46.6 Å². The Morgan fingerprint density at radius 3 is 2.71 bits per heavy atom. The van der Waals surface area contributed by atoms with Crippen LogP contribution in [-0.2, 0) is 16.1 Å². The first-order valence-corrected chi connectivity index (χ1v) is 5.66. The van der Waals surface area contributed by atoms with Crippen LogP contribution in [-0.4, -0.2) is 29.4 Å². The molecule has 0 radical (unpaired) electrons. The van der Waals surface area contributed by atoms with Gasteiger partial charge >= 0.3 is 6.09 Å². The molecule has 17 heavy (non-hydrogen) atoms. The molecule has 1 amide bonds. The van der Waals surface area contributed by atoms with Crippen molar-refractivity contribution in [3.05, 3.63) is 35.9 Å². The summed E-state index contributed by atoms with van der Waals surface area (Å²) in [5, 5.41) is 0. The molecule has 1 aliphatic rings. The van der Waals surface area contributed by atoms with Gasteiger partial charge in [-0.2, -0.15) is 0 Å². The van der Waals surface area contributed by atoms with E-state index >= 15 is 0 Å². The fourth-order valence-electron chi connectivity index (χ4n) is 1.90. The van der Waals surface area contributed by atoms with Gasteiger partial charge in [-0.3, -0.25) is 9.69 Å². The monoisotopic (exact) mass is 233 g/mol. The summed E-state index contributed by atoms with van der Waals surface area (Å²) in [7, 11) is 0. The maximum Gasteiger partial charge on any atom is 0.410 e. The summed E-state index contributed by atoms with van der Waals surface area (Å²) < 4.78 is 5.17. The maximum absolute atomic E-state index is 11.7. The molecule has 0 aliphatic carbocycles. The molecule has 4 heteroatoms. The van der Waals surface area contributed by atoms with Gasteiger partial charge in [0.25, 0.3) is 0 Å². The van der Waals surface area contributed by atoms with Gasteiger partial charge < -0.3 is 4.74 Å². The fraction of sp³-hybridized carbons (Fsp3) is 0.385. The Bertz CT molecular complexity index is 416. The fourth-order valence-corrected chi connectivity index (χ4v) is 1.90. The van der Waals surface area contributed by atoms with Gasteiger partial charge in [0.15, 0.2) is 5.78 Å². The summed E-state index contributed by atoms with van der Waals surface area (Å²) >= 11 is 0. The van der Waals surface area contributed by atoms with Crippen molar-refractivity contribution in [2.45, 2.75) is 26.0 Å². The average Bonchev–Trinajstić information content (AvgIpc) is 2.67. The number of Topliss-reactive ketones (excluding diaryl/α,β-unsaturated/α-hetero) is 1. The van der Waals surface area contributed by atoms with Crippen LogP contribution in [0, 0.1) is 0 Å². The molecular formula is C13H15NO3. The molecule has 1 fully saturated rings. The summed E-state index contributed by atoms with van der Waals surface area (Å²) in [4.78, 5) is 24.4. The van der Waals surface area contributed by atoms with Gasteiger partial charge in [-0.25, -0.2) is 4.79 Å². The van der Waals surface area contributed by atoms with Crippen molar-refractivity contribution in [3.63, 3.8) is 0 Å². The lowest BCUT2D eigenvalue weighted by Gasteiger charge is -2.19. The standard InChI is InChI=1S/C13H15NO3/c1-10-7-12(15)8-14(10)13(16)17-9-11-5-3-2-4-6-11/h2-6,10H,7-9H2,1H3. The summed E-state index contributed by atoms with van der Waals surface area (Å²) in [5.41, 5.74) is 0.944. The normalized spacial score (nSPS) is 19.5. The molecule has 90 valence electrons. The molecule has 1 saturated heterocycles. The van der Waals surface area contributed by atoms with Crippen LogP contribution in [0.2, 0.25) is 0 Å². The molecule has 0 bridgehead atoms. The zero-order valence-electron chi connectivity index (χ0n) is 9.76. The van der Waals surface area contributed by atoms with E-state index in [9.17, 15) is 9.59 Å². The molecule has 0 aromatic heterocycles. The summed E-state index contributed by atoms with van der Waals surface area (Å²) in [6.07, 6.45) is 0.0210. The third-order valence-electron chi connectivity index (χ3n) is 2.84. The van der Waals surface area contributed by atoms with Gasteiger partial charge in [0.05, 0.1) is 6.54 Å². The Hall–Kier alpha value is -1.84. The maximum atomic E-state index is 11.7. The second-order valence-electron chi connectivity index (χ2n) is 4.26. The molecular weight excluding hydrogens is 218 g/mol. The van der Waals surface area contributed by atoms with Crippen molar-refractivity contribution in [1.82, 2.24) is 4.90 Å². The van der Waals surface area contributed by atoms with Crippen LogP contribution in [0.15, 0.2) is 30.3 Å². The molecule has 4 nitrogen and oxygen atoms in total. The molecule has 1 aromatic carbocycles. The van der Waals surface area contributed by atoms with Crippen molar-refractivity contribution in [1.29, 1.82) is 0 Å². The molecule has 1 unspecified atom stereocenters. The molecule has 1 aliphatic heterocycles. The van der Waals surface area contributed by atoms with Crippen molar-refractivity contribution < 1.29 is 14.3 Å². The lowest BCUT2D eigenvalue weighted by molar-refractivity contribution is -0.116. The van der Waals surface area contributed by atoms with E-state index in [0.29, 0.717) is 6.42 Å². The summed E-state index contributed by atoms with van der Waals surface area (Å²) in [6, 6.07) is 9.44. The van der Waals surface area contributed by atoms with Crippen LogP contribution in [0.5, 0.6) is 0 Å². The van der Waals surface area contributed by atoms with Crippen LogP contribution in [0.1, 0.15) is 18.9 Å². The van der Waals surface area contributed by atoms with Crippen LogP contribution < -0.4 is 0 Å². The number of benzene rings is 1. The van der Waals surface area contributed by atoms with E-state index < -0.39 is 6.09 Å². The third-order valence-corrected chi connectivity index (χ3v) is 2.84. The third kappa shape index (κ3) is 2.84. The second-order valence-corrected chi connectivity index (χ2v) is 4.26. The average molecular weight is 233 g/mol. The smallest absolute Gasteiger partial charge is 0.410 e. The molecule has 0 saturated carbocycles. The summed E-state index contributed by atoms with van der Waals surface area (Å²) in [5.74, 6) is 0.0918. The van der Waals surface area contributed by atoms with Gasteiger partial charge in [-0.15, -0.1) is 0 Å². The van der Waals surface area contributed by atoms with Crippen molar-refractivity contribution in [2.75, 3.05) is 6.54 Å². The zero-order valence-corrected chi connectivity index (χ0v) is 9.76. The highest BCUT2D eigenvalue weighted by molar-refractivity contribution is 5.88. The molecule has 2 rings (SSSR count). The van der Waals surface area contributed by atoms with E-state index in [1.807, 2.05) is 37.3 Å². The second kappa shape index (κ2) is 4.99. The van der Waals surface area contributed by atoms with Crippen LogP contribution in [0.4, 0.5) is 4.79 Å². The number of hydrogen-bond acceptors (Lipinski definition) is 3. The molecule has 1 aromatic rings. The largest absolute Gasteiger partial charge is 0.445 e. The lowest BCUT2D eigenvalue weighted by atomic mass is 10.2. The van der Waals surface area contributed by atoms with Crippen molar-refractivity contribution >= 4 is 11.9 Å². The first kappa shape index (κ1) is 11.6. The van der Waals surface area contributed by atoms with Crippen molar-refractivity contribution in [2.24, 2.45) is 0 Å². The highest BCUT2D eigenvalue weighted by Gasteiger charge is 2.31. The number of hydrogen-bond donors (Lipinski definition) is 0. The predicted octanol–water partition coefficient (Wildman–Crippen LogP) is 1.99.